The van der Waals surface area contributed by atoms with Crippen LogP contribution in [0.4, 0.5) is 0 Å². The molecule has 0 radical (unpaired) electrons. The molecule has 2 aliphatic heterocycles. The number of amides is 1. The lowest BCUT2D eigenvalue weighted by Crippen LogP contribution is -2.65. The van der Waals surface area contributed by atoms with Crippen LogP contribution in [0.2, 0.25) is 0 Å². The van der Waals surface area contributed by atoms with E-state index in [9.17, 15) is 45.6 Å². The zero-order valence-electron chi connectivity index (χ0n) is 40.0. The number of unbranched alkanes of at least 4 members (excludes halogenated alkanes) is 19. The Hall–Kier alpha value is -2.05. The summed E-state index contributed by atoms with van der Waals surface area (Å²) in [6.45, 7) is 2.71. The van der Waals surface area contributed by atoms with Gasteiger partial charge < -0.3 is 65.1 Å². The molecule has 0 aliphatic carbocycles. The Bertz CT molecular complexity index is 1280. The zero-order valence-corrected chi connectivity index (χ0v) is 40.0. The van der Waals surface area contributed by atoms with Crippen LogP contribution in [0.25, 0.3) is 0 Å². The van der Waals surface area contributed by atoms with E-state index in [0.717, 1.165) is 51.4 Å². The second kappa shape index (κ2) is 37.9. The van der Waals surface area contributed by atoms with Gasteiger partial charge in [0.2, 0.25) is 5.91 Å². The Morgan fingerprint density at radius 3 is 1.54 bits per heavy atom. The summed E-state index contributed by atoms with van der Waals surface area (Å²) in [5.74, 6) is -0.261. The van der Waals surface area contributed by atoms with Gasteiger partial charge in [0.15, 0.2) is 12.6 Å². The van der Waals surface area contributed by atoms with E-state index in [4.69, 9.17) is 18.9 Å². The van der Waals surface area contributed by atoms with E-state index in [1.54, 1.807) is 6.08 Å². The molecular weight excluding hydrogens is 835 g/mol. The molecule has 65 heavy (non-hydrogen) atoms. The second-order valence-electron chi connectivity index (χ2n) is 17.9. The largest absolute Gasteiger partial charge is 0.394 e. The molecule has 2 heterocycles. The number of aliphatic hydroxyl groups excluding tert-OH is 8. The molecule has 12 unspecified atom stereocenters. The highest BCUT2D eigenvalue weighted by Gasteiger charge is 2.51. The molecule has 378 valence electrons. The van der Waals surface area contributed by atoms with Crippen LogP contribution >= 0.6 is 0 Å². The van der Waals surface area contributed by atoms with Gasteiger partial charge in [0, 0.05) is 6.42 Å². The number of allylic oxidation sites excluding steroid dienone is 7. The SMILES string of the molecule is CCCCC/C=C/CC/C=C/CC/C=C/C(O)C(COC1OC(CO)C(OC2OC(CO)C(O)C(O)C2O)C(O)C1O)NC(=O)CCCCCCCCC/C=C\CCCCCCCCC. The number of aliphatic hydroxyl groups is 8. The molecule has 2 saturated heterocycles. The van der Waals surface area contributed by atoms with Crippen molar-refractivity contribution in [2.75, 3.05) is 19.8 Å². The third kappa shape index (κ3) is 25.2. The molecule has 0 aromatic rings. The lowest BCUT2D eigenvalue weighted by Gasteiger charge is -2.46. The van der Waals surface area contributed by atoms with Gasteiger partial charge in [-0.2, -0.15) is 0 Å². The molecule has 0 aromatic carbocycles. The van der Waals surface area contributed by atoms with Crippen molar-refractivity contribution in [2.45, 2.75) is 248 Å². The van der Waals surface area contributed by atoms with Crippen LogP contribution in [-0.4, -0.2) is 140 Å². The molecule has 0 bridgehead atoms. The predicted molar refractivity (Wildman–Crippen MR) is 254 cm³/mol. The number of rotatable bonds is 38. The average molecular weight is 926 g/mol. The quantitative estimate of drug-likeness (QED) is 0.0239. The number of hydrogen-bond acceptors (Lipinski definition) is 13. The minimum absolute atomic E-state index is 0.261. The van der Waals surface area contributed by atoms with Crippen LogP contribution < -0.4 is 5.32 Å². The number of carbonyl (C=O) groups is 1. The highest BCUT2D eigenvalue weighted by Crippen LogP contribution is 2.30. The Morgan fingerprint density at radius 2 is 0.985 bits per heavy atom. The molecule has 14 heteroatoms. The second-order valence-corrected chi connectivity index (χ2v) is 17.9. The molecule has 9 N–H and O–H groups in total. The summed E-state index contributed by atoms with van der Waals surface area (Å²) >= 11 is 0. The van der Waals surface area contributed by atoms with Crippen LogP contribution in [0.1, 0.15) is 174 Å². The summed E-state index contributed by atoms with van der Waals surface area (Å²) in [6.07, 6.45) is 27.2. The van der Waals surface area contributed by atoms with Crippen LogP contribution in [0.15, 0.2) is 48.6 Å². The van der Waals surface area contributed by atoms with Gasteiger partial charge in [-0.15, -0.1) is 0 Å². The number of carbonyl (C=O) groups excluding carboxylic acids is 1. The van der Waals surface area contributed by atoms with Crippen molar-refractivity contribution in [3.63, 3.8) is 0 Å². The fourth-order valence-corrected chi connectivity index (χ4v) is 8.02. The molecule has 2 aliphatic rings. The number of hydrogen-bond donors (Lipinski definition) is 9. The van der Waals surface area contributed by atoms with E-state index in [1.165, 1.54) is 89.9 Å². The molecule has 0 spiro atoms. The third-order valence-electron chi connectivity index (χ3n) is 12.2. The lowest BCUT2D eigenvalue weighted by molar-refractivity contribution is -0.359. The Kier molecular flexibility index (Phi) is 34.4. The molecule has 14 nitrogen and oxygen atoms in total. The lowest BCUT2D eigenvalue weighted by atomic mass is 9.97. The predicted octanol–water partition coefficient (Wildman–Crippen LogP) is 6.49. The highest BCUT2D eigenvalue weighted by atomic mass is 16.7. The summed E-state index contributed by atoms with van der Waals surface area (Å²) in [5, 5.41) is 86.6. The Labute approximate surface area is 391 Å². The summed E-state index contributed by atoms with van der Waals surface area (Å²) in [4.78, 5) is 13.2. The van der Waals surface area contributed by atoms with Crippen molar-refractivity contribution in [1.82, 2.24) is 5.32 Å². The molecule has 2 fully saturated rings. The van der Waals surface area contributed by atoms with Crippen LogP contribution in [0.3, 0.4) is 0 Å². The smallest absolute Gasteiger partial charge is 0.220 e. The van der Waals surface area contributed by atoms with Gasteiger partial charge >= 0.3 is 0 Å². The first-order valence-electron chi connectivity index (χ1n) is 25.4. The van der Waals surface area contributed by atoms with Crippen LogP contribution in [-0.2, 0) is 23.7 Å². The fourth-order valence-electron chi connectivity index (χ4n) is 8.02. The first kappa shape index (κ1) is 59.1. The fraction of sp³-hybridized carbons (Fsp3) is 0.824. The van der Waals surface area contributed by atoms with Gasteiger partial charge in [0.25, 0.3) is 0 Å². The molecule has 1 amide bonds. The number of ether oxygens (including phenoxy) is 4. The minimum atomic E-state index is -1.79. The Morgan fingerprint density at radius 1 is 0.538 bits per heavy atom. The van der Waals surface area contributed by atoms with Crippen molar-refractivity contribution < 1.29 is 64.6 Å². The highest BCUT2D eigenvalue weighted by molar-refractivity contribution is 5.76. The van der Waals surface area contributed by atoms with Crippen molar-refractivity contribution in [2.24, 2.45) is 0 Å². The topological polar surface area (TPSA) is 228 Å². The van der Waals surface area contributed by atoms with Crippen LogP contribution in [0, 0.1) is 0 Å². The molecule has 0 saturated carbocycles. The minimum Gasteiger partial charge on any atom is -0.394 e. The molecule has 12 atom stereocenters. The van der Waals surface area contributed by atoms with Gasteiger partial charge in [-0.1, -0.05) is 146 Å². The first-order valence-corrected chi connectivity index (χ1v) is 25.4. The van der Waals surface area contributed by atoms with E-state index in [0.29, 0.717) is 12.8 Å². The van der Waals surface area contributed by atoms with E-state index >= 15 is 0 Å². The van der Waals surface area contributed by atoms with Gasteiger partial charge in [0.1, 0.15) is 48.8 Å². The van der Waals surface area contributed by atoms with Gasteiger partial charge in [0.05, 0.1) is 32.0 Å². The van der Waals surface area contributed by atoms with Gasteiger partial charge in [-0.05, 0) is 70.6 Å². The van der Waals surface area contributed by atoms with E-state index in [2.05, 4.69) is 55.6 Å². The van der Waals surface area contributed by atoms with E-state index in [1.807, 2.05) is 6.08 Å². The monoisotopic (exact) mass is 926 g/mol. The zero-order chi connectivity index (χ0) is 47.5. The maximum absolute atomic E-state index is 13.2. The summed E-state index contributed by atoms with van der Waals surface area (Å²) < 4.78 is 22.6. The summed E-state index contributed by atoms with van der Waals surface area (Å²) in [7, 11) is 0. The average Bonchev–Trinajstić information content (AvgIpc) is 3.30. The molecule has 0 aromatic heterocycles. The normalized spacial score (nSPS) is 27.4. The van der Waals surface area contributed by atoms with Crippen LogP contribution in [0.5, 0.6) is 0 Å². The van der Waals surface area contributed by atoms with Crippen molar-refractivity contribution in [3.8, 4) is 0 Å². The standard InChI is InChI=1S/C51H91NO13/c1-3-5-7-9-11-13-15-17-18-19-20-21-23-25-27-29-31-33-35-43(56)52-39(40(55)34-32-30-28-26-24-22-16-14-12-10-8-6-4-2)38-62-50-48(61)46(59)49(42(37-54)64-50)65-51-47(60)45(58)44(57)41(36-53)63-51/h12,14,18-19,24,26,32,34,39-42,44-51,53-55,57-61H,3-11,13,15-17,20-23,25,27-31,33,35-38H2,1-2H3,(H,52,56)/b14-12+,19-18-,26-24+,34-32+. The van der Waals surface area contributed by atoms with E-state index in [-0.39, 0.29) is 18.9 Å². The third-order valence-corrected chi connectivity index (χ3v) is 12.2. The van der Waals surface area contributed by atoms with E-state index < -0.39 is 86.8 Å². The van der Waals surface area contributed by atoms with Crippen molar-refractivity contribution in [3.05, 3.63) is 48.6 Å². The molecule has 2 rings (SSSR count). The first-order chi connectivity index (χ1) is 31.6. The van der Waals surface area contributed by atoms with Crippen molar-refractivity contribution >= 4 is 5.91 Å². The summed E-state index contributed by atoms with van der Waals surface area (Å²) in [6, 6.07) is -0.938. The number of nitrogens with one attached hydrogen (secondary N) is 1. The van der Waals surface area contributed by atoms with Gasteiger partial charge in [-0.25, -0.2) is 0 Å². The van der Waals surface area contributed by atoms with Gasteiger partial charge in [-0.3, -0.25) is 4.79 Å². The van der Waals surface area contributed by atoms with Crippen molar-refractivity contribution in [1.29, 1.82) is 0 Å². The maximum Gasteiger partial charge on any atom is 0.220 e. The maximum atomic E-state index is 13.2. The molecular formula is C51H91NO13. The Balaban J connectivity index is 1.86. The summed E-state index contributed by atoms with van der Waals surface area (Å²) in [5.41, 5.74) is 0.